The first-order chi connectivity index (χ1) is 9.10. The quantitative estimate of drug-likeness (QED) is 0.897. The Morgan fingerprint density at radius 3 is 2.79 bits per heavy atom. The van der Waals surface area contributed by atoms with E-state index in [0.717, 1.165) is 17.0 Å². The van der Waals surface area contributed by atoms with Crippen LogP contribution in [-0.2, 0) is 20.1 Å². The lowest BCUT2D eigenvalue weighted by Gasteiger charge is -2.11. The molecule has 19 heavy (non-hydrogen) atoms. The number of benzene rings is 1. The van der Waals surface area contributed by atoms with E-state index in [1.807, 2.05) is 20.0 Å². The predicted octanol–water partition coefficient (Wildman–Crippen LogP) is 1.95. The highest BCUT2D eigenvalue weighted by Gasteiger charge is 2.07. The topological polar surface area (TPSA) is 53.1 Å². The van der Waals surface area contributed by atoms with Gasteiger partial charge >= 0.3 is 0 Å². The standard InChI is InChI=1S/C14H18FN3O/c1-10-7-13(18(2)17-10)9-19-14-4-3-12(15)8-11(14)5-6-16/h3-4,7-8H,5-6,9,16H2,1-2H3. The number of hydrogen-bond acceptors (Lipinski definition) is 3. The van der Waals surface area contributed by atoms with Gasteiger partial charge in [0.2, 0.25) is 0 Å². The molecule has 1 heterocycles. The van der Waals surface area contributed by atoms with E-state index in [9.17, 15) is 4.39 Å². The molecule has 0 aliphatic heterocycles. The third kappa shape index (κ3) is 3.32. The molecule has 2 N–H and O–H groups in total. The van der Waals surface area contributed by atoms with Gasteiger partial charge in [-0.3, -0.25) is 4.68 Å². The Bertz CT molecular complexity index is 566. The SMILES string of the molecule is Cc1cc(COc2ccc(F)cc2CCN)n(C)n1. The van der Waals surface area contributed by atoms with E-state index in [4.69, 9.17) is 10.5 Å². The molecule has 0 fully saturated rings. The second-order valence-corrected chi connectivity index (χ2v) is 4.48. The highest BCUT2D eigenvalue weighted by atomic mass is 19.1. The molecular weight excluding hydrogens is 245 g/mol. The fourth-order valence-electron chi connectivity index (χ4n) is 1.99. The molecule has 1 aromatic heterocycles. The normalized spacial score (nSPS) is 10.7. The lowest BCUT2D eigenvalue weighted by molar-refractivity contribution is 0.291. The van der Waals surface area contributed by atoms with Crippen molar-refractivity contribution in [3.63, 3.8) is 0 Å². The molecule has 0 amide bonds. The van der Waals surface area contributed by atoms with Crippen molar-refractivity contribution in [2.24, 2.45) is 12.8 Å². The molecule has 0 unspecified atom stereocenters. The van der Waals surface area contributed by atoms with Crippen molar-refractivity contribution in [2.75, 3.05) is 6.54 Å². The van der Waals surface area contributed by atoms with Crippen LogP contribution >= 0.6 is 0 Å². The minimum atomic E-state index is -0.271. The summed E-state index contributed by atoms with van der Waals surface area (Å²) in [5.74, 6) is 0.401. The van der Waals surface area contributed by atoms with Gasteiger partial charge in [-0.05, 0) is 49.7 Å². The summed E-state index contributed by atoms with van der Waals surface area (Å²) >= 11 is 0. The zero-order valence-electron chi connectivity index (χ0n) is 11.2. The summed E-state index contributed by atoms with van der Waals surface area (Å²) in [4.78, 5) is 0. The van der Waals surface area contributed by atoms with Crippen LogP contribution in [0.3, 0.4) is 0 Å². The van der Waals surface area contributed by atoms with Gasteiger partial charge in [-0.2, -0.15) is 5.10 Å². The smallest absolute Gasteiger partial charge is 0.130 e. The molecule has 0 saturated carbocycles. The Labute approximate surface area is 112 Å². The maximum Gasteiger partial charge on any atom is 0.130 e. The van der Waals surface area contributed by atoms with Crippen molar-refractivity contribution in [1.29, 1.82) is 0 Å². The zero-order valence-corrected chi connectivity index (χ0v) is 11.2. The van der Waals surface area contributed by atoms with Crippen LogP contribution in [0.5, 0.6) is 5.75 Å². The summed E-state index contributed by atoms with van der Waals surface area (Å²) in [5, 5.41) is 4.25. The first-order valence-corrected chi connectivity index (χ1v) is 6.21. The summed E-state index contributed by atoms with van der Waals surface area (Å²) in [6.45, 7) is 2.80. The fourth-order valence-corrected chi connectivity index (χ4v) is 1.99. The third-order valence-corrected chi connectivity index (χ3v) is 2.91. The molecule has 0 aliphatic rings. The molecule has 2 aromatic rings. The minimum absolute atomic E-state index is 0.271. The molecule has 5 heteroatoms. The van der Waals surface area contributed by atoms with E-state index >= 15 is 0 Å². The summed E-state index contributed by atoms with van der Waals surface area (Å²) in [7, 11) is 1.87. The van der Waals surface area contributed by atoms with E-state index in [1.54, 1.807) is 10.7 Å². The summed E-state index contributed by atoms with van der Waals surface area (Å²) in [5.41, 5.74) is 8.23. The highest BCUT2D eigenvalue weighted by molar-refractivity contribution is 5.34. The Morgan fingerprint density at radius 2 is 2.16 bits per heavy atom. The van der Waals surface area contributed by atoms with Gasteiger partial charge in [-0.15, -0.1) is 0 Å². The van der Waals surface area contributed by atoms with Gasteiger partial charge in [0.25, 0.3) is 0 Å². The van der Waals surface area contributed by atoms with E-state index in [1.165, 1.54) is 12.1 Å². The molecule has 2 rings (SSSR count). The Balaban J connectivity index is 2.12. The first kappa shape index (κ1) is 13.5. The van der Waals surface area contributed by atoms with Crippen molar-refractivity contribution < 1.29 is 9.13 Å². The number of rotatable bonds is 5. The van der Waals surface area contributed by atoms with Crippen LogP contribution < -0.4 is 10.5 Å². The number of hydrogen-bond donors (Lipinski definition) is 1. The average molecular weight is 263 g/mol. The monoisotopic (exact) mass is 263 g/mol. The van der Waals surface area contributed by atoms with E-state index < -0.39 is 0 Å². The molecule has 0 atom stereocenters. The molecule has 4 nitrogen and oxygen atoms in total. The molecule has 102 valence electrons. The second kappa shape index (κ2) is 5.84. The van der Waals surface area contributed by atoms with Crippen molar-refractivity contribution in [3.8, 4) is 5.75 Å². The second-order valence-electron chi connectivity index (χ2n) is 4.48. The largest absolute Gasteiger partial charge is 0.487 e. The van der Waals surface area contributed by atoms with E-state index in [-0.39, 0.29) is 5.82 Å². The van der Waals surface area contributed by atoms with Gasteiger partial charge in [-0.1, -0.05) is 0 Å². The average Bonchev–Trinajstić information content (AvgIpc) is 2.67. The molecule has 0 bridgehead atoms. The van der Waals surface area contributed by atoms with E-state index in [2.05, 4.69) is 5.10 Å². The van der Waals surface area contributed by atoms with Gasteiger partial charge < -0.3 is 10.5 Å². The van der Waals surface area contributed by atoms with Crippen LogP contribution in [0, 0.1) is 12.7 Å². The molecular formula is C14H18FN3O. The van der Waals surface area contributed by atoms with Gasteiger partial charge in [0.1, 0.15) is 18.2 Å². The summed E-state index contributed by atoms with van der Waals surface area (Å²) in [6, 6.07) is 6.47. The van der Waals surface area contributed by atoms with Crippen LogP contribution in [0.2, 0.25) is 0 Å². The van der Waals surface area contributed by atoms with Crippen LogP contribution in [0.25, 0.3) is 0 Å². The molecule has 1 aromatic carbocycles. The maximum atomic E-state index is 13.2. The zero-order chi connectivity index (χ0) is 13.8. The van der Waals surface area contributed by atoms with Crippen molar-refractivity contribution in [1.82, 2.24) is 9.78 Å². The van der Waals surface area contributed by atoms with Crippen molar-refractivity contribution in [2.45, 2.75) is 20.0 Å². The lowest BCUT2D eigenvalue weighted by Crippen LogP contribution is -2.07. The van der Waals surface area contributed by atoms with E-state index in [0.29, 0.717) is 25.3 Å². The van der Waals surface area contributed by atoms with Crippen LogP contribution in [0.4, 0.5) is 4.39 Å². The molecule has 0 aliphatic carbocycles. The highest BCUT2D eigenvalue weighted by Crippen LogP contribution is 2.21. The summed E-state index contributed by atoms with van der Waals surface area (Å²) < 4.78 is 20.7. The summed E-state index contributed by atoms with van der Waals surface area (Å²) in [6.07, 6.45) is 0.595. The Kier molecular flexibility index (Phi) is 4.16. The van der Waals surface area contributed by atoms with Gasteiger partial charge in [0, 0.05) is 7.05 Å². The number of nitrogens with zero attached hydrogens (tertiary/aromatic N) is 2. The number of aromatic nitrogens is 2. The van der Waals surface area contributed by atoms with Crippen LogP contribution in [0.15, 0.2) is 24.3 Å². The number of aryl methyl sites for hydroxylation is 2. The Hall–Kier alpha value is -1.88. The fraction of sp³-hybridized carbons (Fsp3) is 0.357. The van der Waals surface area contributed by atoms with Gasteiger partial charge in [-0.25, -0.2) is 4.39 Å². The van der Waals surface area contributed by atoms with Crippen molar-refractivity contribution in [3.05, 3.63) is 47.0 Å². The minimum Gasteiger partial charge on any atom is -0.487 e. The third-order valence-electron chi connectivity index (χ3n) is 2.91. The van der Waals surface area contributed by atoms with Crippen molar-refractivity contribution >= 4 is 0 Å². The molecule has 0 saturated heterocycles. The van der Waals surface area contributed by atoms with Gasteiger partial charge in [0.05, 0.1) is 11.4 Å². The molecule has 0 radical (unpaired) electrons. The van der Waals surface area contributed by atoms with Crippen LogP contribution in [-0.4, -0.2) is 16.3 Å². The lowest BCUT2D eigenvalue weighted by atomic mass is 10.1. The molecule has 0 spiro atoms. The van der Waals surface area contributed by atoms with Crippen LogP contribution in [0.1, 0.15) is 17.0 Å². The number of halogens is 1. The Morgan fingerprint density at radius 1 is 1.37 bits per heavy atom. The predicted molar refractivity (Wildman–Crippen MR) is 71.4 cm³/mol. The first-order valence-electron chi connectivity index (χ1n) is 6.21. The number of nitrogens with two attached hydrogens (primary N) is 1. The number of ether oxygens (including phenoxy) is 1. The maximum absolute atomic E-state index is 13.2. The van der Waals surface area contributed by atoms with Gasteiger partial charge in [0.15, 0.2) is 0 Å².